The van der Waals surface area contributed by atoms with Gasteiger partial charge in [-0.15, -0.1) is 0 Å². The summed E-state index contributed by atoms with van der Waals surface area (Å²) in [6, 6.07) is 13.5. The third-order valence-electron chi connectivity index (χ3n) is 4.76. The molecule has 0 radical (unpaired) electrons. The van der Waals surface area contributed by atoms with Crippen LogP contribution in [0.15, 0.2) is 47.0 Å². The Labute approximate surface area is 156 Å². The van der Waals surface area contributed by atoms with Crippen molar-refractivity contribution in [2.75, 3.05) is 11.4 Å². The van der Waals surface area contributed by atoms with E-state index in [1.165, 1.54) is 0 Å². The van der Waals surface area contributed by atoms with Crippen molar-refractivity contribution in [2.45, 2.75) is 26.2 Å². The number of anilines is 1. The summed E-state index contributed by atoms with van der Waals surface area (Å²) in [7, 11) is 0. The summed E-state index contributed by atoms with van der Waals surface area (Å²) < 4.78 is 5.47. The van der Waals surface area contributed by atoms with Crippen LogP contribution in [-0.4, -0.2) is 22.6 Å². The van der Waals surface area contributed by atoms with Gasteiger partial charge >= 0.3 is 0 Å². The van der Waals surface area contributed by atoms with Crippen LogP contribution < -0.4 is 4.90 Å². The fraction of sp³-hybridized carbons (Fsp3) is 0.250. The maximum Gasteiger partial charge on any atom is 0.232 e. The molecule has 3 aromatic rings. The molecule has 0 bridgehead atoms. The average molecular weight is 368 g/mol. The summed E-state index contributed by atoms with van der Waals surface area (Å²) in [6.45, 7) is 4.46. The Balaban J connectivity index is 1.58. The molecule has 1 aliphatic rings. The van der Waals surface area contributed by atoms with E-state index in [0.717, 1.165) is 22.4 Å². The number of nitrogens with zero attached hydrogens (tertiary/aromatic N) is 3. The number of carbonyl (C=O) groups excluding carboxylic acids is 1. The number of benzene rings is 2. The zero-order valence-electron chi connectivity index (χ0n) is 14.6. The first kappa shape index (κ1) is 16.8. The van der Waals surface area contributed by atoms with Crippen molar-refractivity contribution in [2.24, 2.45) is 0 Å². The van der Waals surface area contributed by atoms with Crippen LogP contribution in [0.4, 0.5) is 5.69 Å². The highest BCUT2D eigenvalue weighted by Gasteiger charge is 2.35. The number of hydrogen-bond donors (Lipinski definition) is 0. The summed E-state index contributed by atoms with van der Waals surface area (Å²) in [4.78, 5) is 18.8. The Morgan fingerprint density at radius 3 is 2.73 bits per heavy atom. The Hall–Kier alpha value is -2.66. The van der Waals surface area contributed by atoms with Crippen LogP contribution in [0.1, 0.15) is 29.4 Å². The van der Waals surface area contributed by atoms with Crippen molar-refractivity contribution < 1.29 is 9.32 Å². The van der Waals surface area contributed by atoms with E-state index in [1.807, 2.05) is 56.3 Å². The molecule has 1 aromatic heterocycles. The van der Waals surface area contributed by atoms with E-state index in [4.69, 9.17) is 16.1 Å². The smallest absolute Gasteiger partial charge is 0.232 e. The quantitative estimate of drug-likeness (QED) is 0.682. The molecule has 1 saturated heterocycles. The lowest BCUT2D eigenvalue weighted by atomic mass is 10.1. The Morgan fingerprint density at radius 2 is 1.96 bits per heavy atom. The van der Waals surface area contributed by atoms with Gasteiger partial charge in [-0.05, 0) is 43.2 Å². The molecule has 132 valence electrons. The van der Waals surface area contributed by atoms with Gasteiger partial charge in [-0.3, -0.25) is 4.79 Å². The normalized spacial score (nSPS) is 17.1. The maximum atomic E-state index is 12.5. The monoisotopic (exact) mass is 367 g/mol. The van der Waals surface area contributed by atoms with Crippen molar-refractivity contribution in [3.63, 3.8) is 0 Å². The Morgan fingerprint density at radius 1 is 1.15 bits per heavy atom. The van der Waals surface area contributed by atoms with Crippen LogP contribution in [0.2, 0.25) is 5.02 Å². The van der Waals surface area contributed by atoms with Crippen molar-refractivity contribution in [1.82, 2.24) is 10.1 Å². The van der Waals surface area contributed by atoms with E-state index >= 15 is 0 Å². The first-order chi connectivity index (χ1) is 12.5. The highest BCUT2D eigenvalue weighted by molar-refractivity contribution is 6.31. The average Bonchev–Trinajstić information content (AvgIpc) is 3.25. The van der Waals surface area contributed by atoms with Crippen LogP contribution in [0.3, 0.4) is 0 Å². The van der Waals surface area contributed by atoms with Gasteiger partial charge in [-0.1, -0.05) is 41.0 Å². The minimum Gasteiger partial charge on any atom is -0.339 e. The van der Waals surface area contributed by atoms with Crippen LogP contribution >= 0.6 is 11.6 Å². The fourth-order valence-electron chi connectivity index (χ4n) is 3.25. The van der Waals surface area contributed by atoms with Crippen molar-refractivity contribution in [3.8, 4) is 11.4 Å². The summed E-state index contributed by atoms with van der Waals surface area (Å²) in [5.41, 5.74) is 3.82. The number of rotatable bonds is 3. The summed E-state index contributed by atoms with van der Waals surface area (Å²) in [5.74, 6) is 1.01. The molecule has 2 heterocycles. The molecule has 0 saturated carbocycles. The van der Waals surface area contributed by atoms with Gasteiger partial charge < -0.3 is 9.42 Å². The molecule has 0 N–H and O–H groups in total. The van der Waals surface area contributed by atoms with Crippen molar-refractivity contribution >= 4 is 23.2 Å². The minimum absolute atomic E-state index is 0.0485. The van der Waals surface area contributed by atoms with E-state index in [9.17, 15) is 4.79 Å². The van der Waals surface area contributed by atoms with Gasteiger partial charge in [0.1, 0.15) is 0 Å². The predicted molar refractivity (Wildman–Crippen MR) is 100 cm³/mol. The Bertz CT molecular complexity index is 983. The molecule has 1 fully saturated rings. The number of hydrogen-bond acceptors (Lipinski definition) is 4. The van der Waals surface area contributed by atoms with E-state index in [1.54, 1.807) is 4.90 Å². The molecule has 0 aliphatic carbocycles. The van der Waals surface area contributed by atoms with Crippen LogP contribution in [0.5, 0.6) is 0 Å². The molecule has 5 nitrogen and oxygen atoms in total. The van der Waals surface area contributed by atoms with Gasteiger partial charge in [0.15, 0.2) is 0 Å². The molecule has 0 spiro atoms. The summed E-state index contributed by atoms with van der Waals surface area (Å²) >= 11 is 6.09. The zero-order valence-corrected chi connectivity index (χ0v) is 15.3. The Kier molecular flexibility index (Phi) is 4.24. The van der Waals surface area contributed by atoms with Gasteiger partial charge in [-0.2, -0.15) is 4.98 Å². The zero-order chi connectivity index (χ0) is 18.3. The lowest BCUT2D eigenvalue weighted by Crippen LogP contribution is -2.24. The third-order valence-corrected chi connectivity index (χ3v) is 5.18. The second-order valence-electron chi connectivity index (χ2n) is 6.61. The van der Waals surface area contributed by atoms with E-state index < -0.39 is 0 Å². The molecule has 2 aromatic carbocycles. The number of carbonyl (C=O) groups is 1. The van der Waals surface area contributed by atoms with Gasteiger partial charge in [0.25, 0.3) is 0 Å². The van der Waals surface area contributed by atoms with Crippen LogP contribution in [0, 0.1) is 13.8 Å². The van der Waals surface area contributed by atoms with Gasteiger partial charge in [0, 0.05) is 29.2 Å². The number of aromatic nitrogens is 2. The largest absolute Gasteiger partial charge is 0.339 e. The lowest BCUT2D eigenvalue weighted by Gasteiger charge is -2.17. The van der Waals surface area contributed by atoms with E-state index in [2.05, 4.69) is 10.1 Å². The standard InChI is InChI=1S/C20H18ClN3O2/c1-12-5-3-4-6-16(12)19-22-20(26-23-19)14-10-18(25)24(11-14)15-7-8-17(21)13(2)9-15/h3-9,14H,10-11H2,1-2H3. The number of halogens is 1. The molecule has 4 rings (SSSR count). The first-order valence-electron chi connectivity index (χ1n) is 8.49. The molecular weight excluding hydrogens is 350 g/mol. The van der Waals surface area contributed by atoms with Crippen LogP contribution in [0.25, 0.3) is 11.4 Å². The summed E-state index contributed by atoms with van der Waals surface area (Å²) in [5, 5.41) is 4.80. The highest BCUT2D eigenvalue weighted by atomic mass is 35.5. The maximum absolute atomic E-state index is 12.5. The van der Waals surface area contributed by atoms with Crippen molar-refractivity contribution in [3.05, 3.63) is 64.5 Å². The predicted octanol–water partition coefficient (Wildman–Crippen LogP) is 4.53. The van der Waals surface area contributed by atoms with Gasteiger partial charge in [-0.25, -0.2) is 0 Å². The van der Waals surface area contributed by atoms with Crippen LogP contribution in [-0.2, 0) is 4.79 Å². The van der Waals surface area contributed by atoms with E-state index in [-0.39, 0.29) is 11.8 Å². The molecular formula is C20H18ClN3O2. The molecule has 1 atom stereocenters. The molecule has 6 heteroatoms. The van der Waals surface area contributed by atoms with E-state index in [0.29, 0.717) is 29.7 Å². The molecule has 1 amide bonds. The van der Waals surface area contributed by atoms with Gasteiger partial charge in [0.2, 0.25) is 17.6 Å². The SMILES string of the molecule is Cc1cc(N2CC(c3nc(-c4ccccc4C)no3)CC2=O)ccc1Cl. The summed E-state index contributed by atoms with van der Waals surface area (Å²) in [6.07, 6.45) is 0.358. The van der Waals surface area contributed by atoms with Crippen molar-refractivity contribution in [1.29, 1.82) is 0 Å². The molecule has 26 heavy (non-hydrogen) atoms. The topological polar surface area (TPSA) is 59.2 Å². The molecule has 1 aliphatic heterocycles. The lowest BCUT2D eigenvalue weighted by molar-refractivity contribution is -0.117. The number of amides is 1. The second kappa shape index (κ2) is 6.57. The fourth-order valence-corrected chi connectivity index (χ4v) is 3.37. The van der Waals surface area contributed by atoms with Gasteiger partial charge in [0.05, 0.1) is 5.92 Å². The third kappa shape index (κ3) is 2.99. The molecule has 1 unspecified atom stereocenters. The first-order valence-corrected chi connectivity index (χ1v) is 8.87. The second-order valence-corrected chi connectivity index (χ2v) is 7.02. The minimum atomic E-state index is -0.108. The highest BCUT2D eigenvalue weighted by Crippen LogP contribution is 2.33. The number of aryl methyl sites for hydroxylation is 2.